The van der Waals surface area contributed by atoms with Crippen LogP contribution in [0, 0.1) is 11.8 Å². The highest BCUT2D eigenvalue weighted by Crippen LogP contribution is 2.25. The molecule has 1 unspecified atom stereocenters. The average molecular weight is 315 g/mol. The van der Waals surface area contributed by atoms with Crippen molar-refractivity contribution < 1.29 is 0 Å². The summed E-state index contributed by atoms with van der Waals surface area (Å²) in [4.78, 5) is 0. The summed E-state index contributed by atoms with van der Waals surface area (Å²) in [5.74, 6) is 6.06. The van der Waals surface area contributed by atoms with Crippen LogP contribution in [-0.2, 0) is 0 Å². The molecule has 0 radical (unpaired) electrons. The van der Waals surface area contributed by atoms with Crippen LogP contribution < -0.4 is 5.32 Å². The Morgan fingerprint density at radius 2 is 2.18 bits per heavy atom. The SMILES string of the molecule is CC#CCC(NCCC)c1cc(Cl)cc(Br)c1. The van der Waals surface area contributed by atoms with E-state index in [0.29, 0.717) is 0 Å². The van der Waals surface area contributed by atoms with Gasteiger partial charge in [-0.15, -0.1) is 11.8 Å². The Morgan fingerprint density at radius 3 is 2.76 bits per heavy atom. The van der Waals surface area contributed by atoms with Gasteiger partial charge in [-0.2, -0.15) is 0 Å². The Kier molecular flexibility index (Phi) is 6.65. The summed E-state index contributed by atoms with van der Waals surface area (Å²) < 4.78 is 1.01. The predicted molar refractivity (Wildman–Crippen MR) is 78.3 cm³/mol. The van der Waals surface area contributed by atoms with Crippen LogP contribution in [0.25, 0.3) is 0 Å². The molecule has 0 heterocycles. The van der Waals surface area contributed by atoms with Crippen molar-refractivity contribution in [2.75, 3.05) is 6.54 Å². The van der Waals surface area contributed by atoms with Crippen LogP contribution in [0.2, 0.25) is 5.02 Å². The molecule has 0 saturated heterocycles. The van der Waals surface area contributed by atoms with E-state index >= 15 is 0 Å². The molecule has 0 fully saturated rings. The van der Waals surface area contributed by atoms with Gasteiger partial charge in [-0.05, 0) is 43.7 Å². The maximum Gasteiger partial charge on any atom is 0.0431 e. The van der Waals surface area contributed by atoms with E-state index in [1.165, 1.54) is 5.56 Å². The van der Waals surface area contributed by atoms with Gasteiger partial charge in [-0.1, -0.05) is 34.5 Å². The first-order chi connectivity index (χ1) is 8.17. The zero-order chi connectivity index (χ0) is 12.7. The number of nitrogens with one attached hydrogen (secondary N) is 1. The number of hydrogen-bond donors (Lipinski definition) is 1. The van der Waals surface area contributed by atoms with Gasteiger partial charge in [-0.25, -0.2) is 0 Å². The van der Waals surface area contributed by atoms with E-state index in [1.807, 2.05) is 19.1 Å². The summed E-state index contributed by atoms with van der Waals surface area (Å²) in [7, 11) is 0. The second kappa shape index (κ2) is 7.76. The molecule has 92 valence electrons. The summed E-state index contributed by atoms with van der Waals surface area (Å²) in [5, 5.41) is 4.24. The van der Waals surface area contributed by atoms with Gasteiger partial charge in [0.15, 0.2) is 0 Å². The third kappa shape index (κ3) is 5.12. The van der Waals surface area contributed by atoms with E-state index in [0.717, 1.165) is 28.9 Å². The van der Waals surface area contributed by atoms with Crippen LogP contribution in [0.4, 0.5) is 0 Å². The molecule has 1 atom stereocenters. The fourth-order valence-electron chi connectivity index (χ4n) is 1.61. The van der Waals surface area contributed by atoms with E-state index < -0.39 is 0 Å². The molecule has 1 N–H and O–H groups in total. The maximum absolute atomic E-state index is 6.07. The molecular weight excluding hydrogens is 298 g/mol. The molecular formula is C14H17BrClN. The average Bonchev–Trinajstić information content (AvgIpc) is 2.28. The normalized spacial score (nSPS) is 11.8. The van der Waals surface area contributed by atoms with Crippen LogP contribution in [0.1, 0.15) is 38.3 Å². The van der Waals surface area contributed by atoms with Gasteiger partial charge in [-0.3, -0.25) is 0 Å². The minimum Gasteiger partial charge on any atom is -0.309 e. The minimum atomic E-state index is 0.248. The molecule has 0 aromatic heterocycles. The van der Waals surface area contributed by atoms with Gasteiger partial charge < -0.3 is 5.32 Å². The quantitative estimate of drug-likeness (QED) is 0.786. The van der Waals surface area contributed by atoms with Gasteiger partial charge >= 0.3 is 0 Å². The summed E-state index contributed by atoms with van der Waals surface area (Å²) in [5.41, 5.74) is 1.18. The molecule has 0 saturated carbocycles. The fourth-order valence-corrected chi connectivity index (χ4v) is 2.49. The highest BCUT2D eigenvalue weighted by atomic mass is 79.9. The van der Waals surface area contributed by atoms with Crippen molar-refractivity contribution in [1.82, 2.24) is 5.32 Å². The zero-order valence-corrected chi connectivity index (χ0v) is 12.5. The molecule has 0 spiro atoms. The number of halogens is 2. The molecule has 0 aliphatic heterocycles. The van der Waals surface area contributed by atoms with Crippen LogP contribution in [-0.4, -0.2) is 6.54 Å². The van der Waals surface area contributed by atoms with Crippen LogP contribution in [0.5, 0.6) is 0 Å². The van der Waals surface area contributed by atoms with Crippen molar-refractivity contribution in [2.45, 2.75) is 32.7 Å². The second-order valence-corrected chi connectivity index (χ2v) is 5.19. The zero-order valence-electron chi connectivity index (χ0n) is 10.2. The summed E-state index contributed by atoms with van der Waals surface area (Å²) >= 11 is 9.54. The maximum atomic E-state index is 6.07. The molecule has 3 heteroatoms. The van der Waals surface area contributed by atoms with Gasteiger partial charge in [0.05, 0.1) is 0 Å². The fraction of sp³-hybridized carbons (Fsp3) is 0.429. The summed E-state index contributed by atoms with van der Waals surface area (Å²) in [6.07, 6.45) is 1.92. The molecule has 1 aromatic rings. The Balaban J connectivity index is 2.88. The Bertz CT molecular complexity index is 400. The highest BCUT2D eigenvalue weighted by molar-refractivity contribution is 9.10. The van der Waals surface area contributed by atoms with E-state index in [4.69, 9.17) is 11.6 Å². The van der Waals surface area contributed by atoms with Crippen molar-refractivity contribution in [3.8, 4) is 11.8 Å². The number of benzene rings is 1. The Labute approximate surface area is 117 Å². The van der Waals surface area contributed by atoms with Gasteiger partial charge in [0.1, 0.15) is 0 Å². The van der Waals surface area contributed by atoms with Crippen LogP contribution >= 0.6 is 27.5 Å². The highest BCUT2D eigenvalue weighted by Gasteiger charge is 2.10. The van der Waals surface area contributed by atoms with E-state index in [1.54, 1.807) is 0 Å². The molecule has 1 aromatic carbocycles. The van der Waals surface area contributed by atoms with Crippen molar-refractivity contribution >= 4 is 27.5 Å². The standard InChI is InChI=1S/C14H17BrClN/c1-3-5-6-14(17-7-4-2)11-8-12(15)10-13(16)9-11/h8-10,14,17H,4,6-7H2,1-2H3. The van der Waals surface area contributed by atoms with Gasteiger partial charge in [0, 0.05) is 22.0 Å². The second-order valence-electron chi connectivity index (χ2n) is 3.84. The largest absolute Gasteiger partial charge is 0.309 e. The number of hydrogen-bond acceptors (Lipinski definition) is 1. The van der Waals surface area contributed by atoms with Crippen molar-refractivity contribution in [1.29, 1.82) is 0 Å². The predicted octanol–water partition coefficient (Wildman–Crippen LogP) is 4.56. The minimum absolute atomic E-state index is 0.248. The molecule has 0 amide bonds. The summed E-state index contributed by atoms with van der Waals surface area (Å²) in [6.45, 7) is 5.01. The number of rotatable bonds is 5. The monoisotopic (exact) mass is 313 g/mol. The molecule has 1 nitrogen and oxygen atoms in total. The molecule has 17 heavy (non-hydrogen) atoms. The lowest BCUT2D eigenvalue weighted by Crippen LogP contribution is -2.21. The lowest BCUT2D eigenvalue weighted by molar-refractivity contribution is 0.542. The topological polar surface area (TPSA) is 12.0 Å². The lowest BCUT2D eigenvalue weighted by Gasteiger charge is -2.17. The van der Waals surface area contributed by atoms with Crippen LogP contribution in [0.15, 0.2) is 22.7 Å². The van der Waals surface area contributed by atoms with Crippen LogP contribution in [0.3, 0.4) is 0 Å². The smallest absolute Gasteiger partial charge is 0.0431 e. The Hall–Kier alpha value is -0.490. The lowest BCUT2D eigenvalue weighted by atomic mass is 10.0. The van der Waals surface area contributed by atoms with E-state index in [9.17, 15) is 0 Å². The third-order valence-electron chi connectivity index (χ3n) is 2.41. The van der Waals surface area contributed by atoms with E-state index in [-0.39, 0.29) is 6.04 Å². The molecule has 0 bridgehead atoms. The first-order valence-electron chi connectivity index (χ1n) is 5.76. The molecule has 0 aliphatic rings. The van der Waals surface area contributed by atoms with Crippen molar-refractivity contribution in [3.63, 3.8) is 0 Å². The summed E-state index contributed by atoms with van der Waals surface area (Å²) in [6, 6.07) is 6.23. The Morgan fingerprint density at radius 1 is 1.41 bits per heavy atom. The van der Waals surface area contributed by atoms with Crippen molar-refractivity contribution in [2.24, 2.45) is 0 Å². The first kappa shape index (κ1) is 14.6. The first-order valence-corrected chi connectivity index (χ1v) is 6.93. The third-order valence-corrected chi connectivity index (χ3v) is 3.09. The molecule has 1 rings (SSSR count). The van der Waals surface area contributed by atoms with E-state index in [2.05, 4.69) is 46.1 Å². The van der Waals surface area contributed by atoms with Gasteiger partial charge in [0.25, 0.3) is 0 Å². The van der Waals surface area contributed by atoms with Crippen molar-refractivity contribution in [3.05, 3.63) is 33.3 Å². The van der Waals surface area contributed by atoms with Gasteiger partial charge in [0.2, 0.25) is 0 Å². The molecule has 0 aliphatic carbocycles.